The monoisotopic (exact) mass is 277 g/mol. The molecule has 0 aromatic carbocycles. The average molecular weight is 277 g/mol. The Morgan fingerprint density at radius 1 is 1.40 bits per heavy atom. The van der Waals surface area contributed by atoms with Gasteiger partial charge < -0.3 is 16.0 Å². The number of rotatable bonds is 5. The molecule has 1 aromatic heterocycles. The van der Waals surface area contributed by atoms with Gasteiger partial charge in [-0.1, -0.05) is 0 Å². The third-order valence-corrected chi connectivity index (χ3v) is 3.60. The first-order valence-corrected chi connectivity index (χ1v) is 7.03. The Labute approximate surface area is 120 Å². The third-order valence-electron chi connectivity index (χ3n) is 3.60. The highest BCUT2D eigenvalue weighted by Gasteiger charge is 2.13. The summed E-state index contributed by atoms with van der Waals surface area (Å²) in [5.41, 5.74) is 6.88. The van der Waals surface area contributed by atoms with E-state index in [0.29, 0.717) is 18.7 Å². The summed E-state index contributed by atoms with van der Waals surface area (Å²) < 4.78 is 0. The van der Waals surface area contributed by atoms with Crippen LogP contribution in [0.25, 0.3) is 0 Å². The van der Waals surface area contributed by atoms with Gasteiger partial charge >= 0.3 is 0 Å². The first-order valence-electron chi connectivity index (χ1n) is 7.03. The van der Waals surface area contributed by atoms with Crippen molar-refractivity contribution in [3.05, 3.63) is 29.6 Å². The van der Waals surface area contributed by atoms with E-state index >= 15 is 0 Å². The molecule has 1 aromatic rings. The van der Waals surface area contributed by atoms with Gasteiger partial charge in [0, 0.05) is 57.6 Å². The van der Waals surface area contributed by atoms with Crippen LogP contribution in [0.3, 0.4) is 0 Å². The van der Waals surface area contributed by atoms with Crippen molar-refractivity contribution in [3.63, 3.8) is 0 Å². The second-order valence-electron chi connectivity index (χ2n) is 5.14. The number of nitrogens with two attached hydrogens (primary N) is 1. The number of likely N-dealkylation sites (N-methyl/N-ethyl adjacent to an activating group) is 1. The molecule has 1 amide bonds. The van der Waals surface area contributed by atoms with Crippen LogP contribution >= 0.6 is 0 Å². The molecular formula is C14H23N5O. The van der Waals surface area contributed by atoms with E-state index in [4.69, 9.17) is 5.73 Å². The Balaban J connectivity index is 1.74. The fraction of sp³-hybridized carbons (Fsp3) is 0.571. The number of piperazine rings is 1. The van der Waals surface area contributed by atoms with Crippen LogP contribution < -0.4 is 11.1 Å². The van der Waals surface area contributed by atoms with E-state index in [1.165, 1.54) is 0 Å². The Morgan fingerprint density at radius 3 is 2.85 bits per heavy atom. The summed E-state index contributed by atoms with van der Waals surface area (Å²) in [7, 11) is 2.14. The molecule has 2 heterocycles. The predicted molar refractivity (Wildman–Crippen MR) is 78.4 cm³/mol. The molecule has 0 bridgehead atoms. The molecule has 2 rings (SSSR count). The number of nitrogens with zero attached hydrogens (tertiary/aromatic N) is 3. The largest absolute Gasteiger partial charge is 0.351 e. The van der Waals surface area contributed by atoms with Crippen LogP contribution in [-0.4, -0.2) is 67.0 Å². The van der Waals surface area contributed by atoms with Crippen molar-refractivity contribution in [2.24, 2.45) is 5.73 Å². The van der Waals surface area contributed by atoms with E-state index in [1.807, 2.05) is 0 Å². The summed E-state index contributed by atoms with van der Waals surface area (Å²) in [6.45, 7) is 6.24. The summed E-state index contributed by atoms with van der Waals surface area (Å²) in [6, 6.07) is 3.45. The van der Waals surface area contributed by atoms with Gasteiger partial charge in [-0.15, -0.1) is 0 Å². The van der Waals surface area contributed by atoms with Crippen molar-refractivity contribution >= 4 is 5.91 Å². The lowest BCUT2D eigenvalue weighted by Crippen LogP contribution is -2.46. The van der Waals surface area contributed by atoms with E-state index in [0.717, 1.165) is 38.4 Å². The van der Waals surface area contributed by atoms with E-state index in [1.54, 1.807) is 18.3 Å². The zero-order valence-electron chi connectivity index (χ0n) is 12.0. The molecule has 0 saturated carbocycles. The van der Waals surface area contributed by atoms with Gasteiger partial charge in [0.1, 0.15) is 0 Å². The van der Waals surface area contributed by atoms with E-state index < -0.39 is 0 Å². The standard InChI is InChI=1S/C14H23N5O/c1-18-6-8-19(9-7-18)5-4-17-14(20)12-2-3-16-13(10-12)11-15/h2-3,10H,4-9,11,15H2,1H3,(H,17,20). The van der Waals surface area contributed by atoms with Gasteiger partial charge in [0.05, 0.1) is 5.69 Å². The number of nitrogens with one attached hydrogen (secondary N) is 1. The van der Waals surface area contributed by atoms with Crippen LogP contribution in [0.4, 0.5) is 0 Å². The van der Waals surface area contributed by atoms with Crippen LogP contribution in [-0.2, 0) is 6.54 Å². The number of amides is 1. The van der Waals surface area contributed by atoms with E-state index in [-0.39, 0.29) is 5.91 Å². The molecule has 0 unspecified atom stereocenters. The van der Waals surface area contributed by atoms with Gasteiger partial charge in [0.2, 0.25) is 0 Å². The fourth-order valence-electron chi connectivity index (χ4n) is 2.23. The topological polar surface area (TPSA) is 74.5 Å². The van der Waals surface area contributed by atoms with Gasteiger partial charge in [0.15, 0.2) is 0 Å². The van der Waals surface area contributed by atoms with Gasteiger partial charge in [-0.05, 0) is 19.2 Å². The number of hydrogen-bond acceptors (Lipinski definition) is 5. The normalized spacial score (nSPS) is 17.1. The predicted octanol–water partition coefficient (Wildman–Crippen LogP) is -0.482. The van der Waals surface area contributed by atoms with Gasteiger partial charge in [-0.2, -0.15) is 0 Å². The molecule has 6 heteroatoms. The van der Waals surface area contributed by atoms with E-state index in [2.05, 4.69) is 27.1 Å². The maximum atomic E-state index is 12.0. The molecule has 1 saturated heterocycles. The molecule has 1 fully saturated rings. The van der Waals surface area contributed by atoms with Crippen molar-refractivity contribution in [1.29, 1.82) is 0 Å². The SMILES string of the molecule is CN1CCN(CCNC(=O)c2ccnc(CN)c2)CC1. The van der Waals surface area contributed by atoms with E-state index in [9.17, 15) is 4.79 Å². The lowest BCUT2D eigenvalue weighted by atomic mass is 10.2. The number of aromatic nitrogens is 1. The minimum absolute atomic E-state index is 0.0590. The molecule has 0 aliphatic carbocycles. The smallest absolute Gasteiger partial charge is 0.251 e. The fourth-order valence-corrected chi connectivity index (χ4v) is 2.23. The van der Waals surface area contributed by atoms with Gasteiger partial charge in [-0.3, -0.25) is 14.7 Å². The molecule has 20 heavy (non-hydrogen) atoms. The number of hydrogen-bond donors (Lipinski definition) is 2. The highest BCUT2D eigenvalue weighted by atomic mass is 16.1. The minimum atomic E-state index is -0.0590. The molecular weight excluding hydrogens is 254 g/mol. The lowest BCUT2D eigenvalue weighted by Gasteiger charge is -2.32. The van der Waals surface area contributed by atoms with Crippen molar-refractivity contribution < 1.29 is 4.79 Å². The Hall–Kier alpha value is -1.50. The average Bonchev–Trinajstić information content (AvgIpc) is 2.49. The van der Waals surface area contributed by atoms with Crippen LogP contribution in [0.1, 0.15) is 16.1 Å². The molecule has 110 valence electrons. The molecule has 6 nitrogen and oxygen atoms in total. The molecule has 3 N–H and O–H groups in total. The maximum Gasteiger partial charge on any atom is 0.251 e. The maximum absolute atomic E-state index is 12.0. The van der Waals surface area contributed by atoms with Crippen molar-refractivity contribution in [3.8, 4) is 0 Å². The zero-order chi connectivity index (χ0) is 14.4. The Morgan fingerprint density at radius 2 is 2.15 bits per heavy atom. The minimum Gasteiger partial charge on any atom is -0.351 e. The van der Waals surface area contributed by atoms with Crippen molar-refractivity contribution in [1.82, 2.24) is 20.1 Å². The quantitative estimate of drug-likeness (QED) is 0.760. The van der Waals surface area contributed by atoms with Crippen molar-refractivity contribution in [2.75, 3.05) is 46.3 Å². The highest BCUT2D eigenvalue weighted by molar-refractivity contribution is 5.94. The second kappa shape index (κ2) is 7.33. The van der Waals surface area contributed by atoms with Gasteiger partial charge in [0.25, 0.3) is 5.91 Å². The molecule has 0 spiro atoms. The second-order valence-corrected chi connectivity index (χ2v) is 5.14. The van der Waals surface area contributed by atoms with Crippen LogP contribution in [0.5, 0.6) is 0 Å². The summed E-state index contributed by atoms with van der Waals surface area (Å²) in [6.07, 6.45) is 1.62. The number of pyridine rings is 1. The third kappa shape index (κ3) is 4.26. The van der Waals surface area contributed by atoms with Crippen LogP contribution in [0.15, 0.2) is 18.3 Å². The summed E-state index contributed by atoms with van der Waals surface area (Å²) in [5, 5.41) is 2.95. The summed E-state index contributed by atoms with van der Waals surface area (Å²) >= 11 is 0. The number of carbonyl (C=O) groups excluding carboxylic acids is 1. The molecule has 0 atom stereocenters. The molecule has 1 aliphatic heterocycles. The first-order chi connectivity index (χ1) is 9.69. The summed E-state index contributed by atoms with van der Waals surface area (Å²) in [4.78, 5) is 20.8. The van der Waals surface area contributed by atoms with Crippen LogP contribution in [0, 0.1) is 0 Å². The lowest BCUT2D eigenvalue weighted by molar-refractivity contribution is 0.0941. The van der Waals surface area contributed by atoms with Crippen LogP contribution in [0.2, 0.25) is 0 Å². The zero-order valence-corrected chi connectivity index (χ0v) is 12.0. The highest BCUT2D eigenvalue weighted by Crippen LogP contribution is 2.01. The molecule has 0 radical (unpaired) electrons. The Bertz CT molecular complexity index is 443. The number of carbonyl (C=O) groups is 1. The van der Waals surface area contributed by atoms with Crippen molar-refractivity contribution in [2.45, 2.75) is 6.54 Å². The van der Waals surface area contributed by atoms with Gasteiger partial charge in [-0.25, -0.2) is 0 Å². The summed E-state index contributed by atoms with van der Waals surface area (Å²) in [5.74, 6) is -0.0590. The first kappa shape index (κ1) is 14.9. The molecule has 1 aliphatic rings. The Kier molecular flexibility index (Phi) is 5.46.